The van der Waals surface area contributed by atoms with Crippen molar-refractivity contribution >= 4 is 15.7 Å². The highest BCUT2D eigenvalue weighted by Gasteiger charge is 2.42. The number of sulfonamides is 1. The van der Waals surface area contributed by atoms with E-state index in [1.165, 1.54) is 19.3 Å². The molecule has 4 nitrogen and oxygen atoms in total. The van der Waals surface area contributed by atoms with Gasteiger partial charge in [0.05, 0.1) is 5.69 Å². The van der Waals surface area contributed by atoms with Crippen LogP contribution in [0.15, 0.2) is 23.1 Å². The average molecular weight is 308 g/mol. The molecule has 2 bridgehead atoms. The Hall–Kier alpha value is -1.07. The van der Waals surface area contributed by atoms with Crippen molar-refractivity contribution < 1.29 is 8.42 Å². The first-order chi connectivity index (χ1) is 9.88. The molecule has 2 aliphatic rings. The maximum absolute atomic E-state index is 12.7. The van der Waals surface area contributed by atoms with Gasteiger partial charge in [0, 0.05) is 6.04 Å². The Morgan fingerprint density at radius 3 is 2.62 bits per heavy atom. The molecule has 21 heavy (non-hydrogen) atoms. The van der Waals surface area contributed by atoms with Gasteiger partial charge in [0.15, 0.2) is 0 Å². The van der Waals surface area contributed by atoms with Crippen molar-refractivity contribution in [2.45, 2.75) is 50.5 Å². The van der Waals surface area contributed by atoms with Crippen LogP contribution in [0.25, 0.3) is 0 Å². The Bertz CT molecular complexity index is 621. The van der Waals surface area contributed by atoms with Crippen LogP contribution in [0.1, 0.15) is 38.2 Å². The minimum absolute atomic E-state index is 0.0238. The summed E-state index contributed by atoms with van der Waals surface area (Å²) >= 11 is 0. The maximum atomic E-state index is 12.7. The zero-order valence-corrected chi connectivity index (χ0v) is 13.5. The Morgan fingerprint density at radius 2 is 2.05 bits per heavy atom. The summed E-state index contributed by atoms with van der Waals surface area (Å²) in [6, 6.07) is 5.18. The van der Waals surface area contributed by atoms with Gasteiger partial charge in [-0.15, -0.1) is 0 Å². The molecule has 0 aromatic heterocycles. The fraction of sp³-hybridized carbons (Fsp3) is 0.625. The van der Waals surface area contributed by atoms with Crippen molar-refractivity contribution in [2.24, 2.45) is 17.8 Å². The van der Waals surface area contributed by atoms with E-state index < -0.39 is 10.0 Å². The molecule has 4 unspecified atom stereocenters. The normalized spacial score (nSPS) is 29.7. The van der Waals surface area contributed by atoms with E-state index in [0.717, 1.165) is 12.3 Å². The molecule has 0 aliphatic heterocycles. The van der Waals surface area contributed by atoms with Crippen molar-refractivity contribution in [1.82, 2.24) is 4.72 Å². The standard InChI is InChI=1S/C16H24N2O2S/c1-10-4-3-5-15(17)16(10)21(19,20)18-11(2)14-9-12-6-7-13(14)8-12/h3-5,11-14,18H,6-9,17H2,1-2H3. The molecule has 1 aromatic rings. The number of benzene rings is 1. The van der Waals surface area contributed by atoms with Gasteiger partial charge in [-0.1, -0.05) is 18.6 Å². The number of nitrogen functional groups attached to an aromatic ring is 1. The number of nitrogens with one attached hydrogen (secondary N) is 1. The van der Waals surface area contributed by atoms with E-state index in [4.69, 9.17) is 5.73 Å². The molecule has 2 aliphatic carbocycles. The average Bonchev–Trinajstić information content (AvgIpc) is 2.99. The molecule has 0 saturated heterocycles. The molecule has 0 radical (unpaired) electrons. The van der Waals surface area contributed by atoms with Gasteiger partial charge >= 0.3 is 0 Å². The summed E-state index contributed by atoms with van der Waals surface area (Å²) in [7, 11) is -3.55. The molecule has 3 N–H and O–H groups in total. The summed E-state index contributed by atoms with van der Waals surface area (Å²) in [5.41, 5.74) is 6.90. The molecule has 0 amide bonds. The first kappa shape index (κ1) is 14.9. The van der Waals surface area contributed by atoms with Crippen LogP contribution in [-0.2, 0) is 10.0 Å². The predicted octanol–water partition coefficient (Wildman–Crippen LogP) is 2.68. The topological polar surface area (TPSA) is 72.2 Å². The molecule has 2 saturated carbocycles. The summed E-state index contributed by atoms with van der Waals surface area (Å²) in [5, 5.41) is 0. The van der Waals surface area contributed by atoms with Gasteiger partial charge in [-0.05, 0) is 62.5 Å². The molecular formula is C16H24N2O2S. The summed E-state index contributed by atoms with van der Waals surface area (Å²) in [4.78, 5) is 0.236. The summed E-state index contributed by atoms with van der Waals surface area (Å²) in [6.07, 6.45) is 5.03. The fourth-order valence-corrected chi connectivity index (χ4v) is 5.99. The van der Waals surface area contributed by atoms with Crippen LogP contribution in [-0.4, -0.2) is 14.5 Å². The molecule has 1 aromatic carbocycles. The minimum Gasteiger partial charge on any atom is -0.398 e. The second-order valence-corrected chi connectivity index (χ2v) is 8.39. The number of rotatable bonds is 4. The van der Waals surface area contributed by atoms with Crippen LogP contribution >= 0.6 is 0 Å². The summed E-state index contributed by atoms with van der Waals surface area (Å²) in [5.74, 6) is 1.99. The lowest BCUT2D eigenvalue weighted by atomic mass is 9.84. The second kappa shape index (κ2) is 5.29. The monoisotopic (exact) mass is 308 g/mol. The van der Waals surface area contributed by atoms with E-state index in [0.29, 0.717) is 23.1 Å². The van der Waals surface area contributed by atoms with Gasteiger partial charge in [-0.2, -0.15) is 0 Å². The van der Waals surface area contributed by atoms with Crippen LogP contribution in [0.3, 0.4) is 0 Å². The van der Waals surface area contributed by atoms with E-state index in [1.807, 2.05) is 6.92 Å². The second-order valence-electron chi connectivity index (χ2n) is 6.74. The first-order valence-electron chi connectivity index (χ1n) is 7.76. The van der Waals surface area contributed by atoms with Crippen LogP contribution in [0.4, 0.5) is 5.69 Å². The number of hydrogen-bond acceptors (Lipinski definition) is 3. The molecular weight excluding hydrogens is 284 g/mol. The van der Waals surface area contributed by atoms with Crippen molar-refractivity contribution in [3.8, 4) is 0 Å². The van der Waals surface area contributed by atoms with Crippen molar-refractivity contribution in [3.05, 3.63) is 23.8 Å². The molecule has 4 atom stereocenters. The van der Waals surface area contributed by atoms with E-state index in [1.54, 1.807) is 25.1 Å². The third-order valence-electron chi connectivity index (χ3n) is 5.29. The minimum atomic E-state index is -3.55. The first-order valence-corrected chi connectivity index (χ1v) is 9.24. The number of aryl methyl sites for hydroxylation is 1. The van der Waals surface area contributed by atoms with Crippen molar-refractivity contribution in [1.29, 1.82) is 0 Å². The van der Waals surface area contributed by atoms with Gasteiger partial charge < -0.3 is 5.73 Å². The zero-order chi connectivity index (χ0) is 15.2. The quantitative estimate of drug-likeness (QED) is 0.840. The third kappa shape index (κ3) is 2.69. The summed E-state index contributed by atoms with van der Waals surface area (Å²) < 4.78 is 28.2. The third-order valence-corrected chi connectivity index (χ3v) is 7.06. The smallest absolute Gasteiger partial charge is 0.243 e. The number of nitrogens with two attached hydrogens (primary N) is 1. The predicted molar refractivity (Wildman–Crippen MR) is 84.3 cm³/mol. The van der Waals surface area contributed by atoms with E-state index in [2.05, 4.69) is 4.72 Å². The molecule has 0 spiro atoms. The highest BCUT2D eigenvalue weighted by atomic mass is 32.2. The Morgan fingerprint density at radius 1 is 1.29 bits per heavy atom. The number of fused-ring (bicyclic) bond motifs is 2. The molecule has 3 rings (SSSR count). The van der Waals surface area contributed by atoms with Gasteiger partial charge in [0.2, 0.25) is 10.0 Å². The van der Waals surface area contributed by atoms with Crippen LogP contribution in [0.2, 0.25) is 0 Å². The van der Waals surface area contributed by atoms with Gasteiger partial charge in [-0.3, -0.25) is 0 Å². The van der Waals surface area contributed by atoms with Crippen molar-refractivity contribution in [2.75, 3.05) is 5.73 Å². The van der Waals surface area contributed by atoms with Gasteiger partial charge in [0.25, 0.3) is 0 Å². The lowest BCUT2D eigenvalue weighted by Crippen LogP contribution is -2.40. The SMILES string of the molecule is Cc1cccc(N)c1S(=O)(=O)NC(C)C1CC2CCC1C2. The number of anilines is 1. The highest BCUT2D eigenvalue weighted by Crippen LogP contribution is 2.49. The number of hydrogen-bond donors (Lipinski definition) is 2. The van der Waals surface area contributed by atoms with Crippen molar-refractivity contribution in [3.63, 3.8) is 0 Å². The Balaban J connectivity index is 1.80. The Kier molecular flexibility index (Phi) is 3.74. The van der Waals surface area contributed by atoms with E-state index in [9.17, 15) is 8.42 Å². The highest BCUT2D eigenvalue weighted by molar-refractivity contribution is 7.89. The lowest BCUT2D eigenvalue weighted by Gasteiger charge is -2.28. The maximum Gasteiger partial charge on any atom is 0.243 e. The molecule has 5 heteroatoms. The van der Waals surface area contributed by atoms with Crippen LogP contribution in [0, 0.1) is 24.7 Å². The van der Waals surface area contributed by atoms with E-state index in [-0.39, 0.29) is 10.9 Å². The largest absolute Gasteiger partial charge is 0.398 e. The molecule has 2 fully saturated rings. The van der Waals surface area contributed by atoms with Crippen LogP contribution < -0.4 is 10.5 Å². The Labute approximate surface area is 127 Å². The van der Waals surface area contributed by atoms with Crippen LogP contribution in [0.5, 0.6) is 0 Å². The van der Waals surface area contributed by atoms with Gasteiger partial charge in [0.1, 0.15) is 4.90 Å². The molecule has 116 valence electrons. The van der Waals surface area contributed by atoms with Gasteiger partial charge in [-0.25, -0.2) is 13.1 Å². The van der Waals surface area contributed by atoms with E-state index >= 15 is 0 Å². The zero-order valence-electron chi connectivity index (χ0n) is 12.7. The summed E-state index contributed by atoms with van der Waals surface area (Å²) in [6.45, 7) is 3.78. The molecule has 0 heterocycles. The lowest BCUT2D eigenvalue weighted by molar-refractivity contribution is 0.280. The fourth-order valence-electron chi connectivity index (χ4n) is 4.34.